The smallest absolute Gasteiger partial charge is 0.338 e. The Hall–Kier alpha value is -1.23. The first-order valence-corrected chi connectivity index (χ1v) is 3.80. The highest BCUT2D eigenvalue weighted by molar-refractivity contribution is 9.10. The third kappa shape index (κ3) is 1.68. The second-order valence-electron chi connectivity index (χ2n) is 2.06. The average molecular weight is 230 g/mol. The number of hydrogen-bond donors (Lipinski definition) is 1. The maximum absolute atomic E-state index is 10.5. The SMILES string of the molecule is O=Nc1cc(Br)ccc1C(=O)O. The number of carbonyl (C=O) groups is 1. The first-order valence-electron chi connectivity index (χ1n) is 3.01. The molecule has 1 aromatic carbocycles. The van der Waals surface area contributed by atoms with E-state index < -0.39 is 5.97 Å². The second-order valence-corrected chi connectivity index (χ2v) is 2.97. The largest absolute Gasteiger partial charge is 0.478 e. The Balaban J connectivity index is 3.29. The lowest BCUT2D eigenvalue weighted by atomic mass is 10.2. The van der Waals surface area contributed by atoms with Gasteiger partial charge >= 0.3 is 5.97 Å². The fourth-order valence-corrected chi connectivity index (χ4v) is 1.11. The van der Waals surface area contributed by atoms with E-state index in [-0.39, 0.29) is 11.3 Å². The lowest BCUT2D eigenvalue weighted by Gasteiger charge is -1.96. The molecule has 0 saturated carbocycles. The van der Waals surface area contributed by atoms with E-state index in [4.69, 9.17) is 5.11 Å². The Bertz CT molecular complexity index is 337. The maximum atomic E-state index is 10.5. The number of halogens is 1. The van der Waals surface area contributed by atoms with Crippen LogP contribution in [0.1, 0.15) is 10.4 Å². The van der Waals surface area contributed by atoms with Gasteiger partial charge in [-0.05, 0) is 23.4 Å². The van der Waals surface area contributed by atoms with Gasteiger partial charge in [0, 0.05) is 4.47 Å². The number of hydrogen-bond acceptors (Lipinski definition) is 3. The number of nitrogens with zero attached hydrogens (tertiary/aromatic N) is 1. The lowest BCUT2D eigenvalue weighted by Crippen LogP contribution is -1.95. The molecule has 0 radical (unpaired) electrons. The lowest BCUT2D eigenvalue weighted by molar-refractivity contribution is 0.0698. The van der Waals surface area contributed by atoms with Gasteiger partial charge in [0.1, 0.15) is 5.69 Å². The Morgan fingerprint density at radius 1 is 1.50 bits per heavy atom. The van der Waals surface area contributed by atoms with Crippen LogP contribution in [0.5, 0.6) is 0 Å². The predicted molar refractivity (Wildman–Crippen MR) is 46.6 cm³/mol. The molecule has 1 rings (SSSR count). The summed E-state index contributed by atoms with van der Waals surface area (Å²) in [6.07, 6.45) is 0. The summed E-state index contributed by atoms with van der Waals surface area (Å²) >= 11 is 3.09. The first kappa shape index (κ1) is 8.86. The van der Waals surface area contributed by atoms with Gasteiger partial charge in [-0.3, -0.25) is 0 Å². The monoisotopic (exact) mass is 229 g/mol. The fraction of sp³-hybridized carbons (Fsp3) is 0. The van der Waals surface area contributed by atoms with Crippen molar-refractivity contribution in [1.82, 2.24) is 0 Å². The number of benzene rings is 1. The summed E-state index contributed by atoms with van der Waals surface area (Å²) in [5, 5.41) is 11.2. The van der Waals surface area contributed by atoms with Crippen LogP contribution in [0.4, 0.5) is 5.69 Å². The predicted octanol–water partition coefficient (Wildman–Crippen LogP) is 2.55. The van der Waals surface area contributed by atoms with Crippen LogP contribution in [0.2, 0.25) is 0 Å². The van der Waals surface area contributed by atoms with E-state index in [2.05, 4.69) is 21.1 Å². The van der Waals surface area contributed by atoms with Gasteiger partial charge in [0.05, 0.1) is 5.56 Å². The summed E-state index contributed by atoms with van der Waals surface area (Å²) in [5.41, 5.74) is -0.162. The van der Waals surface area contributed by atoms with Crippen LogP contribution in [0.3, 0.4) is 0 Å². The molecule has 4 nitrogen and oxygen atoms in total. The van der Waals surface area contributed by atoms with Crippen molar-refractivity contribution in [2.45, 2.75) is 0 Å². The van der Waals surface area contributed by atoms with E-state index in [0.717, 1.165) is 0 Å². The molecule has 0 saturated heterocycles. The zero-order valence-electron chi connectivity index (χ0n) is 5.82. The minimum atomic E-state index is -1.16. The third-order valence-corrected chi connectivity index (χ3v) is 1.78. The first-order chi connectivity index (χ1) is 5.65. The molecule has 1 aromatic rings. The van der Waals surface area contributed by atoms with Crippen LogP contribution in [-0.4, -0.2) is 11.1 Å². The second kappa shape index (κ2) is 3.44. The number of aromatic carboxylic acids is 1. The molecule has 0 aliphatic carbocycles. The number of nitroso groups, excluding NO2 is 1. The third-order valence-electron chi connectivity index (χ3n) is 1.29. The summed E-state index contributed by atoms with van der Waals surface area (Å²) in [5.74, 6) is -1.16. The molecule has 0 atom stereocenters. The number of carboxylic acid groups (broad SMARTS) is 1. The van der Waals surface area contributed by atoms with Crippen molar-refractivity contribution < 1.29 is 9.90 Å². The summed E-state index contributed by atoms with van der Waals surface area (Å²) in [4.78, 5) is 20.6. The molecular formula is C7H4BrNO3. The van der Waals surface area contributed by atoms with Crippen LogP contribution in [0.25, 0.3) is 0 Å². The van der Waals surface area contributed by atoms with Crippen LogP contribution in [0, 0.1) is 4.91 Å². The van der Waals surface area contributed by atoms with Crippen molar-refractivity contribution in [3.05, 3.63) is 33.1 Å². The molecule has 0 heterocycles. The van der Waals surface area contributed by atoms with Gasteiger partial charge in [-0.15, -0.1) is 4.91 Å². The van der Waals surface area contributed by atoms with Crippen molar-refractivity contribution in [1.29, 1.82) is 0 Å². The van der Waals surface area contributed by atoms with Crippen molar-refractivity contribution in [3.63, 3.8) is 0 Å². The Morgan fingerprint density at radius 2 is 2.17 bits per heavy atom. The molecule has 12 heavy (non-hydrogen) atoms. The molecule has 0 bridgehead atoms. The number of carboxylic acids is 1. The minimum Gasteiger partial charge on any atom is -0.478 e. The Morgan fingerprint density at radius 3 is 2.67 bits per heavy atom. The van der Waals surface area contributed by atoms with E-state index in [1.54, 1.807) is 0 Å². The Labute approximate surface area is 76.3 Å². The molecule has 0 aliphatic rings. The van der Waals surface area contributed by atoms with Crippen LogP contribution < -0.4 is 0 Å². The van der Waals surface area contributed by atoms with Gasteiger partial charge in [-0.25, -0.2) is 4.79 Å². The van der Waals surface area contributed by atoms with E-state index in [9.17, 15) is 9.70 Å². The quantitative estimate of drug-likeness (QED) is 0.793. The van der Waals surface area contributed by atoms with Crippen LogP contribution in [0.15, 0.2) is 27.8 Å². The van der Waals surface area contributed by atoms with E-state index in [0.29, 0.717) is 4.47 Å². The molecule has 0 spiro atoms. The van der Waals surface area contributed by atoms with Gasteiger partial charge in [0.15, 0.2) is 0 Å². The van der Waals surface area contributed by atoms with Crippen molar-refractivity contribution >= 4 is 27.6 Å². The molecule has 1 N–H and O–H groups in total. The highest BCUT2D eigenvalue weighted by Gasteiger charge is 2.09. The summed E-state index contributed by atoms with van der Waals surface area (Å²) in [7, 11) is 0. The molecular weight excluding hydrogens is 226 g/mol. The van der Waals surface area contributed by atoms with Gasteiger partial charge < -0.3 is 5.11 Å². The van der Waals surface area contributed by atoms with Crippen molar-refractivity contribution in [2.24, 2.45) is 5.18 Å². The van der Waals surface area contributed by atoms with Gasteiger partial charge in [0.2, 0.25) is 0 Å². The minimum absolute atomic E-state index is 0.0723. The van der Waals surface area contributed by atoms with Crippen molar-refractivity contribution in [2.75, 3.05) is 0 Å². The zero-order valence-corrected chi connectivity index (χ0v) is 7.41. The van der Waals surface area contributed by atoms with Gasteiger partial charge in [0.25, 0.3) is 0 Å². The Kier molecular flexibility index (Phi) is 2.54. The van der Waals surface area contributed by atoms with Crippen molar-refractivity contribution in [3.8, 4) is 0 Å². The van der Waals surface area contributed by atoms with Gasteiger partial charge in [-0.2, -0.15) is 0 Å². The zero-order chi connectivity index (χ0) is 9.14. The normalized spacial score (nSPS) is 9.42. The topological polar surface area (TPSA) is 66.7 Å². The van der Waals surface area contributed by atoms with Crippen LogP contribution in [-0.2, 0) is 0 Å². The fourth-order valence-electron chi connectivity index (χ4n) is 0.761. The summed E-state index contributed by atoms with van der Waals surface area (Å²) < 4.78 is 0.627. The molecule has 0 aliphatic heterocycles. The standard InChI is InChI=1S/C7H4BrNO3/c8-4-1-2-5(7(10)11)6(3-4)9-12/h1-3H,(H,10,11). The molecule has 5 heteroatoms. The molecule has 0 unspecified atom stereocenters. The molecule has 0 amide bonds. The number of rotatable bonds is 2. The maximum Gasteiger partial charge on any atom is 0.338 e. The molecule has 62 valence electrons. The highest BCUT2D eigenvalue weighted by atomic mass is 79.9. The summed E-state index contributed by atoms with van der Waals surface area (Å²) in [6.45, 7) is 0. The highest BCUT2D eigenvalue weighted by Crippen LogP contribution is 2.23. The van der Waals surface area contributed by atoms with E-state index in [1.165, 1.54) is 18.2 Å². The molecule has 0 aromatic heterocycles. The van der Waals surface area contributed by atoms with E-state index in [1.807, 2.05) is 0 Å². The van der Waals surface area contributed by atoms with Gasteiger partial charge in [-0.1, -0.05) is 15.9 Å². The average Bonchev–Trinajstić information content (AvgIpc) is 2.03. The molecule has 0 fully saturated rings. The van der Waals surface area contributed by atoms with Crippen LogP contribution >= 0.6 is 15.9 Å². The van der Waals surface area contributed by atoms with E-state index >= 15 is 0 Å². The summed E-state index contributed by atoms with van der Waals surface area (Å²) in [6, 6.07) is 4.22.